The van der Waals surface area contributed by atoms with E-state index in [0.29, 0.717) is 19.4 Å². The van der Waals surface area contributed by atoms with E-state index in [1.807, 2.05) is 0 Å². The molecule has 3 fully saturated rings. The Hall–Kier alpha value is -0.940. The second-order valence-corrected chi connectivity index (χ2v) is 6.16. The first-order valence-corrected chi connectivity index (χ1v) is 7.37. The number of carbonyl (C=O) groups is 2. The normalized spacial score (nSPS) is 34.5. The smallest absolute Gasteiger partial charge is 0.246 e. The van der Waals surface area contributed by atoms with Gasteiger partial charge in [-0.15, -0.1) is 0 Å². The molecule has 2 heterocycles. The third-order valence-corrected chi connectivity index (χ3v) is 4.79. The van der Waals surface area contributed by atoms with E-state index in [9.17, 15) is 9.59 Å². The molecule has 2 amide bonds. The first-order valence-electron chi connectivity index (χ1n) is 7.37. The maximum atomic E-state index is 12.0. The summed E-state index contributed by atoms with van der Waals surface area (Å²) < 4.78 is 6.16. The molecule has 2 atom stereocenters. The number of ether oxygens (including phenoxy) is 1. The average molecular weight is 266 g/mol. The summed E-state index contributed by atoms with van der Waals surface area (Å²) in [6.07, 6.45) is 7.62. The lowest BCUT2D eigenvalue weighted by Gasteiger charge is -2.31. The molecule has 0 radical (unpaired) electrons. The van der Waals surface area contributed by atoms with E-state index >= 15 is 0 Å². The summed E-state index contributed by atoms with van der Waals surface area (Å²) in [5, 5.41) is 0. The van der Waals surface area contributed by atoms with Gasteiger partial charge < -0.3 is 10.5 Å². The zero-order chi connectivity index (χ0) is 13.5. The van der Waals surface area contributed by atoms with Gasteiger partial charge in [0, 0.05) is 6.42 Å². The van der Waals surface area contributed by atoms with Crippen molar-refractivity contribution in [2.24, 2.45) is 5.73 Å². The molecule has 5 heteroatoms. The van der Waals surface area contributed by atoms with Crippen LogP contribution in [0.3, 0.4) is 0 Å². The number of likely N-dealkylation sites (tertiary alicyclic amines) is 1. The van der Waals surface area contributed by atoms with Gasteiger partial charge in [0.25, 0.3) is 0 Å². The van der Waals surface area contributed by atoms with Gasteiger partial charge in [0.1, 0.15) is 0 Å². The third-order valence-electron chi connectivity index (χ3n) is 4.79. The first kappa shape index (κ1) is 13.1. The van der Waals surface area contributed by atoms with Crippen LogP contribution >= 0.6 is 0 Å². The maximum Gasteiger partial charge on any atom is 0.246 e. The molecule has 2 unspecified atom stereocenters. The zero-order valence-corrected chi connectivity index (χ0v) is 11.3. The summed E-state index contributed by atoms with van der Waals surface area (Å²) in [6.45, 7) is 0.396. The van der Waals surface area contributed by atoms with E-state index < -0.39 is 6.04 Å². The molecule has 106 valence electrons. The molecule has 2 N–H and O–H groups in total. The van der Waals surface area contributed by atoms with Gasteiger partial charge in [-0.05, 0) is 32.1 Å². The van der Waals surface area contributed by atoms with Crippen LogP contribution in [0.15, 0.2) is 0 Å². The van der Waals surface area contributed by atoms with Gasteiger partial charge in [-0.25, -0.2) is 0 Å². The van der Waals surface area contributed by atoms with Crippen LogP contribution in [0, 0.1) is 0 Å². The number of hydrogen-bond acceptors (Lipinski definition) is 4. The molecule has 5 nitrogen and oxygen atoms in total. The fourth-order valence-corrected chi connectivity index (χ4v) is 3.67. The fourth-order valence-electron chi connectivity index (χ4n) is 3.67. The van der Waals surface area contributed by atoms with Crippen molar-refractivity contribution in [2.45, 2.75) is 69.1 Å². The van der Waals surface area contributed by atoms with Crippen LogP contribution in [-0.4, -0.2) is 41.0 Å². The molecule has 19 heavy (non-hydrogen) atoms. The Balaban J connectivity index is 1.62. The van der Waals surface area contributed by atoms with Crippen molar-refractivity contribution in [3.8, 4) is 0 Å². The van der Waals surface area contributed by atoms with Gasteiger partial charge in [-0.3, -0.25) is 14.5 Å². The quantitative estimate of drug-likeness (QED) is 0.755. The Morgan fingerprint density at radius 3 is 2.68 bits per heavy atom. The van der Waals surface area contributed by atoms with Crippen LogP contribution in [0.4, 0.5) is 0 Å². The van der Waals surface area contributed by atoms with E-state index in [-0.39, 0.29) is 23.5 Å². The van der Waals surface area contributed by atoms with Crippen LogP contribution in [-0.2, 0) is 14.3 Å². The van der Waals surface area contributed by atoms with Crippen molar-refractivity contribution < 1.29 is 14.3 Å². The maximum absolute atomic E-state index is 12.0. The number of imide groups is 1. The van der Waals surface area contributed by atoms with Gasteiger partial charge in [0.2, 0.25) is 11.8 Å². The molecule has 1 spiro atoms. The van der Waals surface area contributed by atoms with Crippen molar-refractivity contribution in [1.82, 2.24) is 4.90 Å². The molecule has 0 aromatic rings. The Labute approximate surface area is 113 Å². The zero-order valence-electron chi connectivity index (χ0n) is 11.3. The molecule has 0 bridgehead atoms. The van der Waals surface area contributed by atoms with E-state index in [1.54, 1.807) is 0 Å². The number of amides is 2. The second kappa shape index (κ2) is 4.87. The van der Waals surface area contributed by atoms with Crippen LogP contribution in [0.25, 0.3) is 0 Å². The molecule has 2 aliphatic heterocycles. The van der Waals surface area contributed by atoms with Crippen LogP contribution in [0.1, 0.15) is 51.4 Å². The molecule has 0 aromatic carbocycles. The highest BCUT2D eigenvalue weighted by Gasteiger charge is 2.44. The van der Waals surface area contributed by atoms with Crippen molar-refractivity contribution >= 4 is 11.8 Å². The van der Waals surface area contributed by atoms with Crippen molar-refractivity contribution in [3.05, 3.63) is 0 Å². The molecule has 3 rings (SSSR count). The number of carbonyl (C=O) groups excluding carboxylic acids is 2. The summed E-state index contributed by atoms with van der Waals surface area (Å²) in [5.41, 5.74) is 5.79. The summed E-state index contributed by atoms with van der Waals surface area (Å²) in [5.74, 6) is -0.324. The van der Waals surface area contributed by atoms with Gasteiger partial charge in [-0.1, -0.05) is 12.8 Å². The summed E-state index contributed by atoms with van der Waals surface area (Å²) in [6, 6.07) is -0.514. The SMILES string of the molecule is NC1CCC(=O)N(CC2CCC3(CCCC3)O2)C1=O. The molecule has 2 saturated heterocycles. The molecular formula is C14H22N2O3. The number of hydrogen-bond donors (Lipinski definition) is 1. The van der Waals surface area contributed by atoms with Gasteiger partial charge in [0.05, 0.1) is 24.3 Å². The third kappa shape index (κ3) is 2.41. The molecular weight excluding hydrogens is 244 g/mol. The standard InChI is InChI=1S/C14H22N2O3/c15-11-3-4-12(17)16(13(11)18)9-10-5-8-14(19-10)6-1-2-7-14/h10-11H,1-9,15H2. The monoisotopic (exact) mass is 266 g/mol. The minimum atomic E-state index is -0.514. The fraction of sp³-hybridized carbons (Fsp3) is 0.857. The molecule has 1 aliphatic carbocycles. The second-order valence-electron chi connectivity index (χ2n) is 6.16. The number of nitrogens with zero attached hydrogens (tertiary/aromatic N) is 1. The lowest BCUT2D eigenvalue weighted by Crippen LogP contribution is -2.53. The average Bonchev–Trinajstić information content (AvgIpc) is 3.01. The van der Waals surface area contributed by atoms with Gasteiger partial charge >= 0.3 is 0 Å². The predicted octanol–water partition coefficient (Wildman–Crippen LogP) is 0.954. The van der Waals surface area contributed by atoms with Crippen LogP contribution in [0.5, 0.6) is 0 Å². The highest BCUT2D eigenvalue weighted by atomic mass is 16.5. The Bertz CT molecular complexity index is 390. The van der Waals surface area contributed by atoms with E-state index in [0.717, 1.165) is 25.7 Å². The minimum absolute atomic E-state index is 0.0105. The van der Waals surface area contributed by atoms with Crippen molar-refractivity contribution in [3.63, 3.8) is 0 Å². The van der Waals surface area contributed by atoms with Crippen LogP contribution in [0.2, 0.25) is 0 Å². The Morgan fingerprint density at radius 1 is 1.21 bits per heavy atom. The highest BCUT2D eigenvalue weighted by Crippen LogP contribution is 2.43. The van der Waals surface area contributed by atoms with E-state index in [1.165, 1.54) is 17.7 Å². The topological polar surface area (TPSA) is 72.6 Å². The highest BCUT2D eigenvalue weighted by molar-refractivity contribution is 6.00. The lowest BCUT2D eigenvalue weighted by atomic mass is 9.98. The predicted molar refractivity (Wildman–Crippen MR) is 69.2 cm³/mol. The molecule has 0 aromatic heterocycles. The van der Waals surface area contributed by atoms with Crippen molar-refractivity contribution in [1.29, 1.82) is 0 Å². The van der Waals surface area contributed by atoms with Gasteiger partial charge in [-0.2, -0.15) is 0 Å². The van der Waals surface area contributed by atoms with E-state index in [4.69, 9.17) is 10.5 Å². The molecule has 3 aliphatic rings. The summed E-state index contributed by atoms with van der Waals surface area (Å²) in [7, 11) is 0. The summed E-state index contributed by atoms with van der Waals surface area (Å²) in [4.78, 5) is 25.1. The summed E-state index contributed by atoms with van der Waals surface area (Å²) >= 11 is 0. The van der Waals surface area contributed by atoms with Gasteiger partial charge in [0.15, 0.2) is 0 Å². The van der Waals surface area contributed by atoms with Crippen LogP contribution < -0.4 is 5.73 Å². The number of rotatable bonds is 2. The van der Waals surface area contributed by atoms with Crippen molar-refractivity contribution in [2.75, 3.05) is 6.54 Å². The largest absolute Gasteiger partial charge is 0.370 e. The molecule has 1 saturated carbocycles. The Morgan fingerprint density at radius 2 is 1.95 bits per heavy atom. The lowest BCUT2D eigenvalue weighted by molar-refractivity contribution is -0.152. The number of nitrogens with two attached hydrogens (primary N) is 1. The van der Waals surface area contributed by atoms with E-state index in [2.05, 4.69) is 0 Å². The number of piperidine rings is 1. The Kier molecular flexibility index (Phi) is 3.35. The minimum Gasteiger partial charge on any atom is -0.370 e. The first-order chi connectivity index (χ1) is 9.10.